The van der Waals surface area contributed by atoms with Crippen molar-refractivity contribution in [2.75, 3.05) is 6.61 Å². The van der Waals surface area contributed by atoms with Gasteiger partial charge in [0.25, 0.3) is 0 Å². The second kappa shape index (κ2) is 2.85. The van der Waals surface area contributed by atoms with E-state index in [0.29, 0.717) is 6.61 Å². The van der Waals surface area contributed by atoms with E-state index in [1.165, 1.54) is 6.92 Å². The molecule has 0 aliphatic carbocycles. The second-order valence-corrected chi connectivity index (χ2v) is 3.34. The van der Waals surface area contributed by atoms with Gasteiger partial charge in [0.05, 0.1) is 6.61 Å². The molecule has 9 heavy (non-hydrogen) atoms. The summed E-state index contributed by atoms with van der Waals surface area (Å²) in [6, 6.07) is 0. The predicted molar refractivity (Wildman–Crippen MR) is 36.1 cm³/mol. The normalized spacial score (nSPS) is 11.1. The van der Waals surface area contributed by atoms with Crippen LogP contribution in [0.25, 0.3) is 0 Å². The van der Waals surface area contributed by atoms with Crippen LogP contribution in [0.5, 0.6) is 0 Å². The van der Waals surface area contributed by atoms with Crippen molar-refractivity contribution >= 4 is 5.97 Å². The van der Waals surface area contributed by atoms with Gasteiger partial charge in [-0.3, -0.25) is 4.79 Å². The number of ether oxygens (including phenoxy) is 1. The zero-order valence-electron chi connectivity index (χ0n) is 6.52. The van der Waals surface area contributed by atoms with Crippen molar-refractivity contribution < 1.29 is 9.53 Å². The number of hydrogen-bond donors (Lipinski definition) is 0. The van der Waals surface area contributed by atoms with Gasteiger partial charge in [-0.05, 0) is 5.41 Å². The van der Waals surface area contributed by atoms with Gasteiger partial charge in [0.2, 0.25) is 0 Å². The van der Waals surface area contributed by atoms with E-state index in [9.17, 15) is 4.79 Å². The van der Waals surface area contributed by atoms with E-state index in [-0.39, 0.29) is 11.4 Å². The topological polar surface area (TPSA) is 26.3 Å². The highest BCUT2D eigenvalue weighted by Crippen LogP contribution is 2.12. The standard InChI is InChI=1S/C7H14O2/c1-6(8)9-5-7(2,3)4/h5H2,1-4H3. The van der Waals surface area contributed by atoms with Crippen molar-refractivity contribution in [3.8, 4) is 0 Å². The van der Waals surface area contributed by atoms with Crippen molar-refractivity contribution in [3.63, 3.8) is 0 Å². The zero-order chi connectivity index (χ0) is 7.49. The molecule has 0 radical (unpaired) electrons. The summed E-state index contributed by atoms with van der Waals surface area (Å²) in [6.45, 7) is 8.00. The molecule has 0 fully saturated rings. The minimum absolute atomic E-state index is 0.0890. The molecule has 0 unspecified atom stereocenters. The summed E-state index contributed by atoms with van der Waals surface area (Å²) in [5.74, 6) is -0.204. The quantitative estimate of drug-likeness (QED) is 0.504. The molecular weight excluding hydrogens is 116 g/mol. The number of carbonyl (C=O) groups excluding carboxylic acids is 1. The maximum Gasteiger partial charge on any atom is 0.302 e. The van der Waals surface area contributed by atoms with Crippen molar-refractivity contribution in [1.29, 1.82) is 0 Å². The van der Waals surface area contributed by atoms with E-state index < -0.39 is 0 Å². The largest absolute Gasteiger partial charge is 0.465 e. The van der Waals surface area contributed by atoms with Gasteiger partial charge in [0.15, 0.2) is 0 Å². The Morgan fingerprint density at radius 2 is 1.89 bits per heavy atom. The Hall–Kier alpha value is -0.530. The summed E-state index contributed by atoms with van der Waals surface area (Å²) in [4.78, 5) is 10.3. The van der Waals surface area contributed by atoms with E-state index in [4.69, 9.17) is 4.74 Å². The Morgan fingerprint density at radius 1 is 1.44 bits per heavy atom. The molecule has 0 heterocycles. The van der Waals surface area contributed by atoms with Crippen molar-refractivity contribution in [3.05, 3.63) is 0 Å². The Kier molecular flexibility index (Phi) is 2.68. The first-order chi connectivity index (χ1) is 3.92. The SMILES string of the molecule is CC(=O)OCC(C)(C)C. The highest BCUT2D eigenvalue weighted by atomic mass is 16.5. The van der Waals surface area contributed by atoms with Gasteiger partial charge < -0.3 is 4.74 Å². The first-order valence-corrected chi connectivity index (χ1v) is 3.05. The molecule has 2 nitrogen and oxygen atoms in total. The van der Waals surface area contributed by atoms with Crippen LogP contribution in [0, 0.1) is 5.41 Å². The van der Waals surface area contributed by atoms with Crippen molar-refractivity contribution in [2.45, 2.75) is 27.7 Å². The second-order valence-electron chi connectivity index (χ2n) is 3.34. The molecule has 0 N–H and O–H groups in total. The van der Waals surface area contributed by atoms with Crippen LogP contribution in [0.1, 0.15) is 27.7 Å². The van der Waals surface area contributed by atoms with Gasteiger partial charge in [-0.1, -0.05) is 20.8 Å². The molecule has 2 heteroatoms. The highest BCUT2D eigenvalue weighted by Gasteiger charge is 2.10. The summed E-state index contributed by atoms with van der Waals surface area (Å²) < 4.78 is 4.77. The fourth-order valence-electron chi connectivity index (χ4n) is 0.318. The lowest BCUT2D eigenvalue weighted by Crippen LogP contribution is -2.16. The number of rotatable bonds is 1. The van der Waals surface area contributed by atoms with Gasteiger partial charge in [0.1, 0.15) is 0 Å². The molecule has 0 bridgehead atoms. The monoisotopic (exact) mass is 130 g/mol. The molecule has 0 saturated carbocycles. The third kappa shape index (κ3) is 7.47. The Balaban J connectivity index is 3.39. The van der Waals surface area contributed by atoms with Gasteiger partial charge in [0, 0.05) is 6.92 Å². The van der Waals surface area contributed by atoms with Crippen molar-refractivity contribution in [2.24, 2.45) is 5.41 Å². The van der Waals surface area contributed by atoms with Gasteiger partial charge in [-0.15, -0.1) is 0 Å². The lowest BCUT2D eigenvalue weighted by atomic mass is 9.99. The lowest BCUT2D eigenvalue weighted by molar-refractivity contribution is -0.143. The fourth-order valence-corrected chi connectivity index (χ4v) is 0.318. The van der Waals surface area contributed by atoms with Crippen LogP contribution < -0.4 is 0 Å². The summed E-state index contributed by atoms with van der Waals surface area (Å²) in [7, 11) is 0. The van der Waals surface area contributed by atoms with Crippen LogP contribution in [0.2, 0.25) is 0 Å². The average Bonchev–Trinajstić information content (AvgIpc) is 1.59. The first kappa shape index (κ1) is 8.47. The molecule has 0 saturated heterocycles. The van der Waals surface area contributed by atoms with Crippen LogP contribution in [0.4, 0.5) is 0 Å². The third-order valence-corrected chi connectivity index (χ3v) is 0.708. The van der Waals surface area contributed by atoms with Crippen molar-refractivity contribution in [1.82, 2.24) is 0 Å². The van der Waals surface area contributed by atoms with Crippen LogP contribution in [0.15, 0.2) is 0 Å². The van der Waals surface area contributed by atoms with E-state index >= 15 is 0 Å². The number of hydrogen-bond acceptors (Lipinski definition) is 2. The molecule has 0 aliphatic rings. The smallest absolute Gasteiger partial charge is 0.302 e. The van der Waals surface area contributed by atoms with Crippen LogP contribution >= 0.6 is 0 Å². The minimum atomic E-state index is -0.204. The number of carbonyl (C=O) groups is 1. The highest BCUT2D eigenvalue weighted by molar-refractivity contribution is 5.65. The average molecular weight is 130 g/mol. The molecule has 0 aromatic rings. The zero-order valence-corrected chi connectivity index (χ0v) is 6.52. The van der Waals surface area contributed by atoms with Crippen LogP contribution in [-0.4, -0.2) is 12.6 Å². The maximum atomic E-state index is 10.3. The lowest BCUT2D eigenvalue weighted by Gasteiger charge is -2.16. The Bertz CT molecular complexity index is 100.0. The molecule has 0 amide bonds. The van der Waals surface area contributed by atoms with E-state index in [1.54, 1.807) is 0 Å². The molecule has 0 aliphatic heterocycles. The Morgan fingerprint density at radius 3 is 2.00 bits per heavy atom. The predicted octanol–water partition coefficient (Wildman–Crippen LogP) is 1.60. The van der Waals surface area contributed by atoms with E-state index in [1.807, 2.05) is 20.8 Å². The fraction of sp³-hybridized carbons (Fsp3) is 0.857. The molecular formula is C7H14O2. The maximum absolute atomic E-state index is 10.3. The third-order valence-electron chi connectivity index (χ3n) is 0.708. The molecule has 0 rings (SSSR count). The molecule has 0 aromatic carbocycles. The summed E-state index contributed by atoms with van der Waals surface area (Å²) in [5, 5.41) is 0. The van der Waals surface area contributed by atoms with Gasteiger partial charge >= 0.3 is 5.97 Å². The summed E-state index contributed by atoms with van der Waals surface area (Å²) in [5.41, 5.74) is 0.0890. The summed E-state index contributed by atoms with van der Waals surface area (Å²) in [6.07, 6.45) is 0. The molecule has 54 valence electrons. The van der Waals surface area contributed by atoms with Gasteiger partial charge in [-0.25, -0.2) is 0 Å². The van der Waals surface area contributed by atoms with Crippen LogP contribution in [-0.2, 0) is 9.53 Å². The van der Waals surface area contributed by atoms with Gasteiger partial charge in [-0.2, -0.15) is 0 Å². The minimum Gasteiger partial charge on any atom is -0.465 e. The Labute approximate surface area is 56.2 Å². The molecule has 0 aromatic heterocycles. The van der Waals surface area contributed by atoms with E-state index in [2.05, 4.69) is 0 Å². The first-order valence-electron chi connectivity index (χ1n) is 3.05. The molecule has 0 spiro atoms. The molecule has 0 atom stereocenters. The van der Waals surface area contributed by atoms with E-state index in [0.717, 1.165) is 0 Å². The van der Waals surface area contributed by atoms with Crippen LogP contribution in [0.3, 0.4) is 0 Å². The number of esters is 1. The summed E-state index contributed by atoms with van der Waals surface area (Å²) >= 11 is 0.